The van der Waals surface area contributed by atoms with Crippen LogP contribution in [-0.4, -0.2) is 13.3 Å². The molecule has 1 aliphatic heterocycles. The zero-order valence-corrected chi connectivity index (χ0v) is 8.47. The maximum absolute atomic E-state index is 5.35. The lowest BCUT2D eigenvalue weighted by atomic mass is 10.00. The van der Waals surface area contributed by atoms with Crippen LogP contribution in [0.3, 0.4) is 0 Å². The van der Waals surface area contributed by atoms with Crippen LogP contribution >= 0.6 is 0 Å². The first-order valence-electron chi connectivity index (χ1n) is 4.98. The maximum atomic E-state index is 5.35. The highest BCUT2D eigenvalue weighted by Gasteiger charge is 2.20. The van der Waals surface area contributed by atoms with Gasteiger partial charge < -0.3 is 4.74 Å². The third kappa shape index (κ3) is 1.18. The van der Waals surface area contributed by atoms with E-state index in [1.165, 1.54) is 21.9 Å². The third-order valence-electron chi connectivity index (χ3n) is 2.82. The highest BCUT2D eigenvalue weighted by atomic mass is 16.5. The number of fused-ring (bicyclic) bond motifs is 3. The van der Waals surface area contributed by atoms with Gasteiger partial charge in [0, 0.05) is 24.5 Å². The van der Waals surface area contributed by atoms with Crippen molar-refractivity contribution in [3.8, 4) is 0 Å². The highest BCUT2D eigenvalue weighted by Crippen LogP contribution is 2.33. The lowest BCUT2D eigenvalue weighted by molar-refractivity contribution is 0.115. The van der Waals surface area contributed by atoms with E-state index in [1.54, 1.807) is 7.11 Å². The zero-order valence-electron chi connectivity index (χ0n) is 8.47. The minimum atomic E-state index is -0.133. The van der Waals surface area contributed by atoms with Crippen LogP contribution in [-0.2, 0) is 4.74 Å². The quantitative estimate of drug-likeness (QED) is 0.688. The summed E-state index contributed by atoms with van der Waals surface area (Å²) in [6.07, 6.45) is 1.75. The van der Waals surface area contributed by atoms with Crippen LogP contribution in [0.25, 0.3) is 10.8 Å². The Morgan fingerprint density at radius 1 is 1.13 bits per heavy atom. The number of benzene rings is 2. The molecule has 1 aliphatic rings. The Labute approximate surface area is 88.2 Å². The smallest absolute Gasteiger partial charge is 0.174 e. The molecule has 1 heterocycles. The first-order chi connectivity index (χ1) is 7.40. The first-order valence-corrected chi connectivity index (χ1v) is 4.98. The molecule has 0 aromatic heterocycles. The molecule has 2 nitrogen and oxygen atoms in total. The van der Waals surface area contributed by atoms with Crippen molar-refractivity contribution in [3.63, 3.8) is 0 Å². The monoisotopic (exact) mass is 197 g/mol. The molecule has 0 N–H and O–H groups in total. The lowest BCUT2D eigenvalue weighted by Gasteiger charge is -2.10. The molecule has 2 heteroatoms. The molecule has 74 valence electrons. The molecule has 0 aliphatic carbocycles. The molecule has 2 aromatic rings. The van der Waals surface area contributed by atoms with Crippen molar-refractivity contribution in [1.29, 1.82) is 0 Å². The van der Waals surface area contributed by atoms with Crippen LogP contribution < -0.4 is 0 Å². The van der Waals surface area contributed by atoms with E-state index in [4.69, 9.17) is 4.74 Å². The Morgan fingerprint density at radius 3 is 2.87 bits per heavy atom. The van der Waals surface area contributed by atoms with Gasteiger partial charge in [0.1, 0.15) is 0 Å². The second kappa shape index (κ2) is 3.17. The van der Waals surface area contributed by atoms with Gasteiger partial charge in [0.15, 0.2) is 6.23 Å². The van der Waals surface area contributed by atoms with Crippen molar-refractivity contribution in [3.05, 3.63) is 47.5 Å². The summed E-state index contributed by atoms with van der Waals surface area (Å²) in [5.41, 5.74) is 2.36. The fraction of sp³-hybridized carbons (Fsp3) is 0.154. The van der Waals surface area contributed by atoms with E-state index in [1.807, 2.05) is 18.3 Å². The zero-order chi connectivity index (χ0) is 10.3. The first kappa shape index (κ1) is 8.62. The topological polar surface area (TPSA) is 21.6 Å². The molecule has 2 aromatic carbocycles. The van der Waals surface area contributed by atoms with Gasteiger partial charge in [0.05, 0.1) is 0 Å². The minimum absolute atomic E-state index is 0.133. The van der Waals surface area contributed by atoms with Crippen molar-refractivity contribution >= 4 is 17.0 Å². The molecule has 1 atom stereocenters. The van der Waals surface area contributed by atoms with Crippen LogP contribution in [0.1, 0.15) is 17.4 Å². The summed E-state index contributed by atoms with van der Waals surface area (Å²) < 4.78 is 5.35. The molecule has 0 saturated heterocycles. The van der Waals surface area contributed by atoms with Gasteiger partial charge in [-0.1, -0.05) is 36.4 Å². The number of ether oxygens (including phenoxy) is 1. The molecule has 0 fully saturated rings. The van der Waals surface area contributed by atoms with E-state index in [0.717, 1.165) is 0 Å². The molecule has 1 unspecified atom stereocenters. The van der Waals surface area contributed by atoms with Crippen molar-refractivity contribution < 1.29 is 4.74 Å². The average molecular weight is 197 g/mol. The number of rotatable bonds is 1. The Kier molecular flexibility index (Phi) is 1.82. The molecule has 3 rings (SSSR count). The second-order valence-corrected chi connectivity index (χ2v) is 3.66. The lowest BCUT2D eigenvalue weighted by Crippen LogP contribution is -1.96. The fourth-order valence-corrected chi connectivity index (χ4v) is 2.10. The highest BCUT2D eigenvalue weighted by molar-refractivity contribution is 5.97. The number of methoxy groups -OCH3 is 1. The molecular weight excluding hydrogens is 186 g/mol. The van der Waals surface area contributed by atoms with Crippen LogP contribution in [0.2, 0.25) is 0 Å². The largest absolute Gasteiger partial charge is 0.355 e. The van der Waals surface area contributed by atoms with E-state index in [0.29, 0.717) is 0 Å². The van der Waals surface area contributed by atoms with Gasteiger partial charge in [-0.25, -0.2) is 0 Å². The van der Waals surface area contributed by atoms with Gasteiger partial charge in [-0.2, -0.15) is 0 Å². The molecule has 0 saturated carbocycles. The normalized spacial score (nSPS) is 18.3. The number of hydrogen-bond acceptors (Lipinski definition) is 2. The molecule has 0 spiro atoms. The summed E-state index contributed by atoms with van der Waals surface area (Å²) in [6.45, 7) is 0. The van der Waals surface area contributed by atoms with Gasteiger partial charge in [0.25, 0.3) is 0 Å². The number of aliphatic imine (C=N–C) groups is 1. The summed E-state index contributed by atoms with van der Waals surface area (Å²) >= 11 is 0. The molecule has 0 radical (unpaired) electrons. The Balaban J connectivity index is 2.35. The SMILES string of the molecule is COC1N=Cc2ccc3ccccc3c21. The predicted octanol–water partition coefficient (Wildman–Crippen LogP) is 2.92. The standard InChI is InChI=1S/C13H11NO/c1-15-13-12-10(8-14-13)7-6-9-4-2-3-5-11(9)12/h2-8,13H,1H3. The Morgan fingerprint density at radius 2 is 2.00 bits per heavy atom. The van der Waals surface area contributed by atoms with E-state index < -0.39 is 0 Å². The van der Waals surface area contributed by atoms with Gasteiger partial charge in [-0.3, -0.25) is 4.99 Å². The van der Waals surface area contributed by atoms with E-state index in [-0.39, 0.29) is 6.23 Å². The van der Waals surface area contributed by atoms with Crippen molar-refractivity contribution in [2.45, 2.75) is 6.23 Å². The van der Waals surface area contributed by atoms with Crippen LogP contribution in [0, 0.1) is 0 Å². The summed E-state index contributed by atoms with van der Waals surface area (Å²) in [6, 6.07) is 12.5. The Hall–Kier alpha value is -1.67. The summed E-state index contributed by atoms with van der Waals surface area (Å²) in [7, 11) is 1.69. The number of hydrogen-bond donors (Lipinski definition) is 0. The van der Waals surface area contributed by atoms with Gasteiger partial charge in [-0.15, -0.1) is 0 Å². The summed E-state index contributed by atoms with van der Waals surface area (Å²) in [4.78, 5) is 4.33. The van der Waals surface area contributed by atoms with E-state index >= 15 is 0 Å². The van der Waals surface area contributed by atoms with Crippen LogP contribution in [0.4, 0.5) is 0 Å². The van der Waals surface area contributed by atoms with Gasteiger partial charge in [0.2, 0.25) is 0 Å². The maximum Gasteiger partial charge on any atom is 0.174 e. The van der Waals surface area contributed by atoms with E-state index in [9.17, 15) is 0 Å². The van der Waals surface area contributed by atoms with Gasteiger partial charge >= 0.3 is 0 Å². The van der Waals surface area contributed by atoms with Crippen molar-refractivity contribution in [1.82, 2.24) is 0 Å². The summed E-state index contributed by atoms with van der Waals surface area (Å²) in [5, 5.41) is 2.48. The minimum Gasteiger partial charge on any atom is -0.355 e. The van der Waals surface area contributed by atoms with Crippen LogP contribution in [0.15, 0.2) is 41.4 Å². The van der Waals surface area contributed by atoms with Crippen molar-refractivity contribution in [2.24, 2.45) is 4.99 Å². The Bertz CT molecular complexity index is 545. The summed E-state index contributed by atoms with van der Waals surface area (Å²) in [5.74, 6) is 0. The number of nitrogens with zero attached hydrogens (tertiary/aromatic N) is 1. The van der Waals surface area contributed by atoms with Crippen LogP contribution in [0.5, 0.6) is 0 Å². The molecule has 15 heavy (non-hydrogen) atoms. The second-order valence-electron chi connectivity index (χ2n) is 3.66. The average Bonchev–Trinajstić information content (AvgIpc) is 2.72. The molecule has 0 bridgehead atoms. The molecule has 0 amide bonds. The molecular formula is C13H11NO. The van der Waals surface area contributed by atoms with Gasteiger partial charge in [-0.05, 0) is 10.8 Å². The predicted molar refractivity (Wildman–Crippen MR) is 61.3 cm³/mol. The fourth-order valence-electron chi connectivity index (χ4n) is 2.10. The third-order valence-corrected chi connectivity index (χ3v) is 2.82. The van der Waals surface area contributed by atoms with Crippen molar-refractivity contribution in [2.75, 3.05) is 7.11 Å². The van der Waals surface area contributed by atoms with E-state index in [2.05, 4.69) is 29.3 Å².